The molecule has 0 saturated carbocycles. The van der Waals surface area contributed by atoms with E-state index in [9.17, 15) is 18.9 Å². The van der Waals surface area contributed by atoms with Gasteiger partial charge in [0.2, 0.25) is 19.2 Å². The van der Waals surface area contributed by atoms with Crippen molar-refractivity contribution in [3.63, 3.8) is 0 Å². The Labute approximate surface area is 292 Å². The molecule has 0 spiro atoms. The summed E-state index contributed by atoms with van der Waals surface area (Å²) in [7, 11) is -1.05. The number of benzene rings is 4. The number of hydrogen-bond donors (Lipinski definition) is 3. The Kier molecular flexibility index (Phi) is 14.4. The number of azide groups is 1. The first-order valence-electron chi connectivity index (χ1n) is 16.4. The molecule has 0 aliphatic heterocycles. The number of nitrogens with zero attached hydrogens (tertiary/aromatic N) is 3. The lowest BCUT2D eigenvalue weighted by molar-refractivity contribution is -0.130. The van der Waals surface area contributed by atoms with Crippen LogP contribution in [0.2, 0.25) is 0 Å². The lowest BCUT2D eigenvalue weighted by atomic mass is 9.99. The number of carbonyl (C=O) groups excluding carboxylic acids is 3. The summed E-state index contributed by atoms with van der Waals surface area (Å²) < 4.78 is 25.9. The van der Waals surface area contributed by atoms with E-state index in [1.54, 1.807) is 0 Å². The summed E-state index contributed by atoms with van der Waals surface area (Å²) in [5.74, 6) is -2.86. The average molecular weight is 699 g/mol. The molecule has 262 valence electrons. The van der Waals surface area contributed by atoms with Gasteiger partial charge in [0.25, 0.3) is 0 Å². The highest BCUT2D eigenvalue weighted by Crippen LogP contribution is 2.53. The first-order chi connectivity index (χ1) is 24.2. The Bertz CT molecular complexity index is 1820. The van der Waals surface area contributed by atoms with Gasteiger partial charge < -0.3 is 25.2 Å². The molecule has 3 N–H and O–H groups in total. The summed E-state index contributed by atoms with van der Waals surface area (Å²) in [6.45, 7) is 0.121. The van der Waals surface area contributed by atoms with Crippen LogP contribution in [0.15, 0.2) is 108 Å². The summed E-state index contributed by atoms with van der Waals surface area (Å²) in [5, 5.41) is 13.9. The Balaban J connectivity index is 1.57. The zero-order valence-electron chi connectivity index (χ0n) is 28.2. The minimum absolute atomic E-state index is 0.00451. The fourth-order valence-electron chi connectivity index (χ4n) is 5.70. The smallest absolute Gasteiger partial charge is 0.408 e. The Morgan fingerprint density at radius 3 is 2.14 bits per heavy atom. The fraction of sp³-hybridized carbons (Fsp3) is 0.324. The van der Waals surface area contributed by atoms with Crippen LogP contribution in [0.25, 0.3) is 21.2 Å². The van der Waals surface area contributed by atoms with Gasteiger partial charge in [0.1, 0.15) is 18.4 Å². The highest BCUT2D eigenvalue weighted by molar-refractivity contribution is 7.59. The van der Waals surface area contributed by atoms with Crippen LogP contribution in [-0.4, -0.2) is 56.6 Å². The number of alkyl carbamates (subject to hydrolysis) is 1. The third-order valence-electron chi connectivity index (χ3n) is 8.41. The van der Waals surface area contributed by atoms with Crippen LogP contribution in [0.5, 0.6) is 0 Å². The number of ether oxygens (including phenoxy) is 1. The quantitative estimate of drug-likeness (QED) is 0.0341. The first kappa shape index (κ1) is 37.7. The average Bonchev–Trinajstić information content (AvgIpc) is 3.15. The van der Waals surface area contributed by atoms with Gasteiger partial charge in [0.05, 0.1) is 0 Å². The van der Waals surface area contributed by atoms with Crippen molar-refractivity contribution in [2.75, 3.05) is 26.9 Å². The first-order valence-corrected chi connectivity index (χ1v) is 18.3. The number of carbonyl (C=O) groups is 3. The lowest BCUT2D eigenvalue weighted by Crippen LogP contribution is -2.49. The third-order valence-corrected chi connectivity index (χ3v) is 11.2. The van der Waals surface area contributed by atoms with Crippen LogP contribution in [0.1, 0.15) is 29.5 Å². The maximum atomic E-state index is 14.8. The van der Waals surface area contributed by atoms with Crippen LogP contribution in [0.4, 0.5) is 4.79 Å². The van der Waals surface area contributed by atoms with Crippen molar-refractivity contribution in [1.82, 2.24) is 16.0 Å². The van der Waals surface area contributed by atoms with Crippen molar-refractivity contribution >= 4 is 36.0 Å². The van der Waals surface area contributed by atoms with Gasteiger partial charge in [0, 0.05) is 50.5 Å². The predicted octanol–water partition coefficient (Wildman–Crippen LogP) is 6.74. The molecule has 0 heterocycles. The summed E-state index contributed by atoms with van der Waals surface area (Å²) in [6, 6.07) is 31.1. The number of nitrogens with one attached hydrogen (secondary N) is 3. The summed E-state index contributed by atoms with van der Waals surface area (Å²) in [4.78, 5) is 42.9. The molecule has 13 heteroatoms. The molecular weight excluding hydrogens is 655 g/mol. The van der Waals surface area contributed by atoms with E-state index >= 15 is 0 Å². The zero-order chi connectivity index (χ0) is 35.8. The van der Waals surface area contributed by atoms with Gasteiger partial charge in [-0.2, -0.15) is 0 Å². The number of fused-ring (bicyclic) bond motifs is 1. The van der Waals surface area contributed by atoms with E-state index in [0.717, 1.165) is 27.5 Å². The van der Waals surface area contributed by atoms with Crippen LogP contribution >= 0.6 is 7.37 Å². The SMILES string of the molecule is CNC(=O)[C@H](Cc1ccc2ccccc2c1)NC(=O)C(CCCN=[N+]=[N-])CP(=O)(OC)[C@@H](Cc1ccccc1)NC(=O)OCc1ccccc1. The minimum Gasteiger partial charge on any atom is -0.445 e. The van der Waals surface area contributed by atoms with Gasteiger partial charge in [-0.05, 0) is 45.8 Å². The summed E-state index contributed by atoms with van der Waals surface area (Å²) in [6.07, 6.45) is -0.176. The summed E-state index contributed by atoms with van der Waals surface area (Å²) >= 11 is 0. The molecule has 4 rings (SSSR count). The molecule has 0 aliphatic carbocycles. The predicted molar refractivity (Wildman–Crippen MR) is 194 cm³/mol. The van der Waals surface area contributed by atoms with Crippen molar-refractivity contribution in [2.24, 2.45) is 11.0 Å². The van der Waals surface area contributed by atoms with E-state index in [1.165, 1.54) is 14.2 Å². The molecular formula is C37H43N6O6P. The van der Waals surface area contributed by atoms with E-state index in [-0.39, 0.29) is 44.5 Å². The van der Waals surface area contributed by atoms with Crippen molar-refractivity contribution in [2.45, 2.75) is 44.1 Å². The number of likely N-dealkylation sites (N-methyl/N-ethyl adjacent to an activating group) is 1. The molecule has 0 aliphatic rings. The van der Waals surface area contributed by atoms with Gasteiger partial charge in [-0.25, -0.2) is 4.79 Å². The largest absolute Gasteiger partial charge is 0.445 e. The standard InChI is InChI=1S/C37H43N6O6P/c1-39-36(45)33(23-29-19-20-30-16-9-10-17-31(30)22-29)41-35(44)32(18-11-21-40-43-38)26-50(47,48-2)34(24-27-12-5-3-6-13-27)42-37(46)49-25-28-14-7-4-8-15-28/h3-10,12-17,19-20,22,32-34H,11,18,21,23-26H2,1-2H3,(H,39,45)(H,41,44)(H,42,46)/t32?,33-,34-,50?/m0/s1. The van der Waals surface area contributed by atoms with E-state index in [2.05, 4.69) is 26.0 Å². The van der Waals surface area contributed by atoms with Gasteiger partial charge in [-0.15, -0.1) is 0 Å². The summed E-state index contributed by atoms with van der Waals surface area (Å²) in [5.41, 5.74) is 11.2. The molecule has 4 aromatic carbocycles. The maximum absolute atomic E-state index is 14.8. The highest BCUT2D eigenvalue weighted by atomic mass is 31.2. The van der Waals surface area contributed by atoms with Crippen LogP contribution in [0.3, 0.4) is 0 Å². The minimum atomic E-state index is -3.84. The zero-order valence-corrected chi connectivity index (χ0v) is 29.1. The van der Waals surface area contributed by atoms with Crippen LogP contribution < -0.4 is 16.0 Å². The Hall–Kier alpha value is -5.15. The van der Waals surface area contributed by atoms with Crippen LogP contribution in [-0.2, 0) is 42.9 Å². The van der Waals surface area contributed by atoms with Crippen molar-refractivity contribution in [3.8, 4) is 0 Å². The monoisotopic (exact) mass is 698 g/mol. The maximum Gasteiger partial charge on any atom is 0.408 e. The van der Waals surface area contributed by atoms with Gasteiger partial charge in [-0.3, -0.25) is 14.2 Å². The van der Waals surface area contributed by atoms with Gasteiger partial charge in [-0.1, -0.05) is 108 Å². The second-order valence-corrected chi connectivity index (χ2v) is 14.7. The number of rotatable bonds is 18. The third kappa shape index (κ3) is 11.2. The second kappa shape index (κ2) is 19.1. The lowest BCUT2D eigenvalue weighted by Gasteiger charge is -2.30. The molecule has 0 aromatic heterocycles. The fourth-order valence-corrected chi connectivity index (χ4v) is 8.11. The number of hydrogen-bond acceptors (Lipinski definition) is 7. The topological polar surface area (TPSA) is 172 Å². The van der Waals surface area contributed by atoms with Crippen molar-refractivity contribution < 1.29 is 28.2 Å². The molecule has 12 nitrogen and oxygen atoms in total. The molecule has 4 atom stereocenters. The molecule has 0 saturated heterocycles. The van der Waals surface area contributed by atoms with Crippen LogP contribution in [0, 0.1) is 5.92 Å². The molecule has 0 radical (unpaired) electrons. The molecule has 0 fully saturated rings. The molecule has 50 heavy (non-hydrogen) atoms. The van der Waals surface area contributed by atoms with E-state index in [1.807, 2.05) is 103 Å². The van der Waals surface area contributed by atoms with Crippen molar-refractivity contribution in [3.05, 3.63) is 130 Å². The van der Waals surface area contributed by atoms with Gasteiger partial charge in [0.15, 0.2) is 0 Å². The van der Waals surface area contributed by atoms with E-state index < -0.39 is 37.1 Å². The second-order valence-electron chi connectivity index (χ2n) is 11.9. The molecule has 0 bridgehead atoms. The van der Waals surface area contributed by atoms with Gasteiger partial charge >= 0.3 is 6.09 Å². The Morgan fingerprint density at radius 1 is 0.820 bits per heavy atom. The van der Waals surface area contributed by atoms with Crippen molar-refractivity contribution in [1.29, 1.82) is 0 Å². The Morgan fingerprint density at radius 2 is 1.48 bits per heavy atom. The molecule has 3 amide bonds. The number of amides is 3. The van der Waals surface area contributed by atoms with E-state index in [4.69, 9.17) is 14.8 Å². The molecule has 4 aromatic rings. The normalized spacial score (nSPS) is 13.9. The molecule has 2 unspecified atom stereocenters. The van der Waals surface area contributed by atoms with E-state index in [0.29, 0.717) is 6.42 Å². The highest BCUT2D eigenvalue weighted by Gasteiger charge is 2.40.